The van der Waals surface area contributed by atoms with Gasteiger partial charge in [-0.15, -0.1) is 0 Å². The molecule has 2 aromatic heterocycles. The van der Waals surface area contributed by atoms with E-state index < -0.39 is 0 Å². The van der Waals surface area contributed by atoms with E-state index in [1.54, 1.807) is 18.1 Å². The molecule has 0 aliphatic carbocycles. The highest BCUT2D eigenvalue weighted by Crippen LogP contribution is 2.36. The van der Waals surface area contributed by atoms with E-state index in [1.165, 1.54) is 0 Å². The minimum absolute atomic E-state index is 0.00580. The molecule has 0 spiro atoms. The average Bonchev–Trinajstić information content (AvgIpc) is 3.21. The molecule has 0 saturated heterocycles. The first-order valence-corrected chi connectivity index (χ1v) is 8.69. The zero-order valence-corrected chi connectivity index (χ0v) is 14.9. The molecule has 0 bridgehead atoms. The van der Waals surface area contributed by atoms with Crippen molar-refractivity contribution >= 4 is 11.7 Å². The zero-order chi connectivity index (χ0) is 19.0. The lowest BCUT2D eigenvalue weighted by Crippen LogP contribution is -2.35. The number of anilines is 1. The van der Waals surface area contributed by atoms with Crippen molar-refractivity contribution in [2.75, 3.05) is 12.3 Å². The highest BCUT2D eigenvalue weighted by atomic mass is 16.3. The van der Waals surface area contributed by atoms with E-state index in [-0.39, 0.29) is 11.7 Å². The Morgan fingerprint density at radius 2 is 2.11 bits per heavy atom. The number of nitrogens with two attached hydrogens (primary N) is 1. The van der Waals surface area contributed by atoms with E-state index in [2.05, 4.69) is 11.1 Å². The molecule has 4 rings (SSSR count). The first kappa shape index (κ1) is 16.9. The highest BCUT2D eigenvalue weighted by molar-refractivity contribution is 5.82. The van der Waals surface area contributed by atoms with Crippen LogP contribution in [0.15, 0.2) is 47.1 Å². The smallest absolute Gasteiger partial charge is 0.219 e. The standard InChI is InChI=1S/C21H18N4O2/c1-13(26)25-8-7-18-17(12-25)20(16(11-22)21(23)24-18)15-5-2-4-14(10-15)19-6-3-9-27-19/h2-6,9-10H,7-8,12H2,1H3,(H2,23,24). The summed E-state index contributed by atoms with van der Waals surface area (Å²) in [5.41, 5.74) is 10.7. The first-order valence-electron chi connectivity index (χ1n) is 8.69. The van der Waals surface area contributed by atoms with E-state index in [9.17, 15) is 10.1 Å². The number of aromatic nitrogens is 1. The fourth-order valence-corrected chi connectivity index (χ4v) is 3.55. The maximum absolute atomic E-state index is 11.9. The molecule has 1 aliphatic rings. The van der Waals surface area contributed by atoms with Crippen LogP contribution in [0.2, 0.25) is 0 Å². The Morgan fingerprint density at radius 1 is 1.30 bits per heavy atom. The molecule has 134 valence electrons. The molecule has 0 fully saturated rings. The SMILES string of the molecule is CC(=O)N1CCc2nc(N)c(C#N)c(-c3cccc(-c4ccco4)c3)c2C1. The minimum Gasteiger partial charge on any atom is -0.464 e. The molecule has 0 atom stereocenters. The van der Waals surface area contributed by atoms with Crippen molar-refractivity contribution in [2.45, 2.75) is 19.9 Å². The predicted molar refractivity (Wildman–Crippen MR) is 101 cm³/mol. The largest absolute Gasteiger partial charge is 0.464 e. The predicted octanol–water partition coefficient (Wildman–Crippen LogP) is 3.37. The Morgan fingerprint density at radius 3 is 2.81 bits per heavy atom. The fraction of sp³-hybridized carbons (Fsp3) is 0.190. The van der Waals surface area contributed by atoms with Gasteiger partial charge in [0.15, 0.2) is 0 Å². The Labute approximate surface area is 156 Å². The van der Waals surface area contributed by atoms with Gasteiger partial charge in [-0.25, -0.2) is 4.98 Å². The van der Waals surface area contributed by atoms with Crippen LogP contribution in [0.25, 0.3) is 22.5 Å². The van der Waals surface area contributed by atoms with Crippen LogP contribution in [-0.4, -0.2) is 22.3 Å². The molecule has 0 radical (unpaired) electrons. The average molecular weight is 358 g/mol. The second kappa shape index (κ2) is 6.61. The van der Waals surface area contributed by atoms with Crippen LogP contribution >= 0.6 is 0 Å². The molecule has 6 nitrogen and oxygen atoms in total. The number of fused-ring (bicyclic) bond motifs is 1. The van der Waals surface area contributed by atoms with Crippen molar-refractivity contribution in [1.29, 1.82) is 5.26 Å². The summed E-state index contributed by atoms with van der Waals surface area (Å²) in [5.74, 6) is 0.980. The quantitative estimate of drug-likeness (QED) is 0.758. The van der Waals surface area contributed by atoms with Gasteiger partial charge in [0.2, 0.25) is 5.91 Å². The number of furan rings is 1. The van der Waals surface area contributed by atoms with Gasteiger partial charge in [0, 0.05) is 43.1 Å². The number of nitrogens with zero attached hydrogens (tertiary/aromatic N) is 3. The summed E-state index contributed by atoms with van der Waals surface area (Å²) >= 11 is 0. The summed E-state index contributed by atoms with van der Waals surface area (Å²) in [5, 5.41) is 9.72. The molecule has 3 heterocycles. The summed E-state index contributed by atoms with van der Waals surface area (Å²) < 4.78 is 5.50. The lowest BCUT2D eigenvalue weighted by molar-refractivity contribution is -0.129. The Hall–Kier alpha value is -3.59. The van der Waals surface area contributed by atoms with Gasteiger partial charge in [-0.1, -0.05) is 18.2 Å². The normalized spacial score (nSPS) is 13.1. The first-order chi connectivity index (χ1) is 13.1. The summed E-state index contributed by atoms with van der Waals surface area (Å²) in [6.07, 6.45) is 2.25. The number of rotatable bonds is 2. The number of benzene rings is 1. The van der Waals surface area contributed by atoms with Crippen LogP contribution < -0.4 is 5.73 Å². The molecule has 1 aliphatic heterocycles. The number of nitriles is 1. The second-order valence-electron chi connectivity index (χ2n) is 6.53. The Bertz CT molecular complexity index is 1060. The molecule has 1 amide bonds. The summed E-state index contributed by atoms with van der Waals surface area (Å²) in [6, 6.07) is 13.7. The number of hydrogen-bond donors (Lipinski definition) is 1. The molecule has 3 aromatic rings. The third-order valence-electron chi connectivity index (χ3n) is 4.89. The van der Waals surface area contributed by atoms with Crippen molar-refractivity contribution in [3.63, 3.8) is 0 Å². The van der Waals surface area contributed by atoms with Crippen LogP contribution in [0.4, 0.5) is 5.82 Å². The van der Waals surface area contributed by atoms with Crippen molar-refractivity contribution in [1.82, 2.24) is 9.88 Å². The van der Waals surface area contributed by atoms with Gasteiger partial charge in [-0.3, -0.25) is 4.79 Å². The second-order valence-corrected chi connectivity index (χ2v) is 6.53. The van der Waals surface area contributed by atoms with Crippen LogP contribution in [0.5, 0.6) is 0 Å². The lowest BCUT2D eigenvalue weighted by atomic mass is 9.90. The van der Waals surface area contributed by atoms with Crippen molar-refractivity contribution in [3.05, 3.63) is 59.5 Å². The zero-order valence-electron chi connectivity index (χ0n) is 14.9. The van der Waals surface area contributed by atoms with Crippen LogP contribution in [0, 0.1) is 11.3 Å². The molecule has 6 heteroatoms. The molecule has 0 saturated carbocycles. The van der Waals surface area contributed by atoms with E-state index in [0.717, 1.165) is 33.7 Å². The highest BCUT2D eigenvalue weighted by Gasteiger charge is 2.26. The van der Waals surface area contributed by atoms with Crippen LogP contribution in [0.1, 0.15) is 23.7 Å². The van der Waals surface area contributed by atoms with Crippen LogP contribution in [0.3, 0.4) is 0 Å². The van der Waals surface area contributed by atoms with E-state index in [0.29, 0.717) is 25.1 Å². The van der Waals surface area contributed by atoms with Gasteiger partial charge in [0.1, 0.15) is 23.2 Å². The molecule has 2 N–H and O–H groups in total. The summed E-state index contributed by atoms with van der Waals surface area (Å²) in [4.78, 5) is 18.1. The van der Waals surface area contributed by atoms with Gasteiger partial charge in [0.05, 0.1) is 12.0 Å². The number of pyridine rings is 1. The fourth-order valence-electron chi connectivity index (χ4n) is 3.55. The number of carbonyl (C=O) groups excluding carboxylic acids is 1. The van der Waals surface area contributed by atoms with Gasteiger partial charge in [-0.05, 0) is 23.8 Å². The molecule has 0 unspecified atom stereocenters. The Kier molecular flexibility index (Phi) is 4.13. The molecular formula is C21H18N4O2. The number of carbonyl (C=O) groups is 1. The van der Waals surface area contributed by atoms with Gasteiger partial charge >= 0.3 is 0 Å². The minimum atomic E-state index is 0.00580. The summed E-state index contributed by atoms with van der Waals surface area (Å²) in [7, 11) is 0. The van der Waals surface area contributed by atoms with Crippen molar-refractivity contribution in [2.24, 2.45) is 0 Å². The van der Waals surface area contributed by atoms with Crippen LogP contribution in [-0.2, 0) is 17.8 Å². The van der Waals surface area contributed by atoms with Crippen molar-refractivity contribution < 1.29 is 9.21 Å². The maximum atomic E-state index is 11.9. The van der Waals surface area contributed by atoms with Gasteiger partial charge in [0.25, 0.3) is 0 Å². The van der Waals surface area contributed by atoms with Crippen molar-refractivity contribution in [3.8, 4) is 28.5 Å². The summed E-state index contributed by atoms with van der Waals surface area (Å²) in [6.45, 7) is 2.58. The maximum Gasteiger partial charge on any atom is 0.219 e. The van der Waals surface area contributed by atoms with E-state index >= 15 is 0 Å². The van der Waals surface area contributed by atoms with E-state index in [1.807, 2.05) is 36.4 Å². The van der Waals surface area contributed by atoms with Gasteiger partial charge < -0.3 is 15.1 Å². The third kappa shape index (κ3) is 2.93. The molecule has 27 heavy (non-hydrogen) atoms. The number of hydrogen-bond acceptors (Lipinski definition) is 5. The Balaban J connectivity index is 1.92. The third-order valence-corrected chi connectivity index (χ3v) is 4.89. The number of nitrogen functional groups attached to an aromatic ring is 1. The molecule has 1 aromatic carbocycles. The lowest BCUT2D eigenvalue weighted by Gasteiger charge is -2.29. The number of amides is 1. The topological polar surface area (TPSA) is 96.1 Å². The van der Waals surface area contributed by atoms with E-state index in [4.69, 9.17) is 10.2 Å². The molecular weight excluding hydrogens is 340 g/mol. The van der Waals surface area contributed by atoms with Gasteiger partial charge in [-0.2, -0.15) is 5.26 Å². The monoisotopic (exact) mass is 358 g/mol.